The van der Waals surface area contributed by atoms with E-state index in [4.69, 9.17) is 0 Å². The van der Waals surface area contributed by atoms with Gasteiger partial charge in [-0.2, -0.15) is 0 Å². The molecular weight excluding hydrogens is 350 g/mol. The minimum Gasteiger partial charge on any atom is -0.357 e. The number of urea groups is 1. The summed E-state index contributed by atoms with van der Waals surface area (Å²) in [6, 6.07) is 14.5. The van der Waals surface area contributed by atoms with Gasteiger partial charge in [0.2, 0.25) is 5.91 Å². The number of hydrogen-bond acceptors (Lipinski definition) is 2. The summed E-state index contributed by atoms with van der Waals surface area (Å²) in [7, 11) is 1.63. The van der Waals surface area contributed by atoms with Crippen LogP contribution < -0.4 is 16.0 Å². The third-order valence-electron chi connectivity index (χ3n) is 5.78. The van der Waals surface area contributed by atoms with Gasteiger partial charge in [0.05, 0.1) is 0 Å². The minimum absolute atomic E-state index is 0.0915. The maximum Gasteiger partial charge on any atom is 0.315 e. The molecule has 3 rings (SSSR count). The summed E-state index contributed by atoms with van der Waals surface area (Å²) in [4.78, 5) is 24.9. The molecule has 2 aromatic rings. The Labute approximate surface area is 167 Å². The first-order valence-corrected chi connectivity index (χ1v) is 10.3. The smallest absolute Gasteiger partial charge is 0.315 e. The van der Waals surface area contributed by atoms with Gasteiger partial charge in [0, 0.05) is 13.6 Å². The van der Waals surface area contributed by atoms with E-state index in [9.17, 15) is 9.59 Å². The van der Waals surface area contributed by atoms with Crippen LogP contribution in [0.5, 0.6) is 0 Å². The summed E-state index contributed by atoms with van der Waals surface area (Å²) >= 11 is 0. The van der Waals surface area contributed by atoms with Crippen molar-refractivity contribution in [3.05, 3.63) is 48.0 Å². The Kier molecular flexibility index (Phi) is 6.55. The van der Waals surface area contributed by atoms with Gasteiger partial charge in [0.1, 0.15) is 5.54 Å². The van der Waals surface area contributed by atoms with Crippen LogP contribution >= 0.6 is 0 Å². The quantitative estimate of drug-likeness (QED) is 0.713. The van der Waals surface area contributed by atoms with Crippen LogP contribution in [0.2, 0.25) is 0 Å². The molecule has 0 aliphatic heterocycles. The van der Waals surface area contributed by atoms with Gasteiger partial charge < -0.3 is 16.0 Å². The lowest BCUT2D eigenvalue weighted by Crippen LogP contribution is -2.61. The van der Waals surface area contributed by atoms with E-state index >= 15 is 0 Å². The van der Waals surface area contributed by atoms with Crippen LogP contribution in [0.3, 0.4) is 0 Å². The lowest BCUT2D eigenvalue weighted by atomic mass is 9.81. The van der Waals surface area contributed by atoms with E-state index in [0.717, 1.165) is 25.7 Å². The molecule has 3 amide bonds. The van der Waals surface area contributed by atoms with Crippen molar-refractivity contribution in [1.29, 1.82) is 0 Å². The first-order chi connectivity index (χ1) is 13.5. The highest BCUT2D eigenvalue weighted by Crippen LogP contribution is 2.28. The van der Waals surface area contributed by atoms with Crippen molar-refractivity contribution in [3.8, 4) is 0 Å². The molecule has 1 saturated carbocycles. The molecule has 0 bridgehead atoms. The molecule has 0 spiro atoms. The molecule has 28 heavy (non-hydrogen) atoms. The third kappa shape index (κ3) is 4.64. The zero-order valence-electron chi connectivity index (χ0n) is 16.9. The molecular formula is C23H31N3O2. The summed E-state index contributed by atoms with van der Waals surface area (Å²) < 4.78 is 0. The van der Waals surface area contributed by atoms with Crippen molar-refractivity contribution in [3.63, 3.8) is 0 Å². The zero-order valence-corrected chi connectivity index (χ0v) is 16.9. The van der Waals surface area contributed by atoms with E-state index in [2.05, 4.69) is 65.3 Å². The molecule has 0 aromatic heterocycles. The summed E-state index contributed by atoms with van der Waals surface area (Å²) in [5.41, 5.74) is 0.526. The van der Waals surface area contributed by atoms with E-state index in [1.807, 2.05) is 0 Å². The lowest BCUT2D eigenvalue weighted by Gasteiger charge is -2.36. The predicted molar refractivity (Wildman–Crippen MR) is 113 cm³/mol. The zero-order chi connectivity index (χ0) is 20.0. The van der Waals surface area contributed by atoms with Crippen molar-refractivity contribution >= 4 is 22.7 Å². The Morgan fingerprint density at radius 3 is 2.50 bits per heavy atom. The van der Waals surface area contributed by atoms with Crippen LogP contribution in [0.4, 0.5) is 4.79 Å². The number of amides is 3. The number of carbonyl (C=O) groups is 2. The van der Waals surface area contributed by atoms with Gasteiger partial charge in [0.25, 0.3) is 0 Å². The molecule has 1 atom stereocenters. The molecule has 1 fully saturated rings. The van der Waals surface area contributed by atoms with Crippen LogP contribution in [0.1, 0.15) is 44.6 Å². The number of hydrogen-bond donors (Lipinski definition) is 3. The van der Waals surface area contributed by atoms with Crippen LogP contribution in [-0.4, -0.2) is 31.1 Å². The molecule has 0 heterocycles. The van der Waals surface area contributed by atoms with Gasteiger partial charge in [-0.1, -0.05) is 68.7 Å². The van der Waals surface area contributed by atoms with E-state index < -0.39 is 5.54 Å². The first-order valence-electron chi connectivity index (χ1n) is 10.3. The number of rotatable bonds is 6. The van der Waals surface area contributed by atoms with E-state index in [1.165, 1.54) is 16.3 Å². The number of nitrogens with one attached hydrogen (secondary N) is 3. The standard InChI is InChI=1S/C23H31N3O2/c1-17(15-19-11-8-10-18-9-4-5-12-20(18)19)16-25-22(28)26-23(21(27)24-2)13-6-3-7-14-23/h4-5,8-12,17H,3,6-7,13-16H2,1-2H3,(H,24,27)(H2,25,26,28)/t17-/m0/s1. The third-order valence-corrected chi connectivity index (χ3v) is 5.78. The van der Waals surface area contributed by atoms with Crippen molar-refractivity contribution in [2.24, 2.45) is 5.92 Å². The Balaban J connectivity index is 1.57. The van der Waals surface area contributed by atoms with E-state index in [-0.39, 0.29) is 11.9 Å². The highest BCUT2D eigenvalue weighted by Gasteiger charge is 2.40. The number of benzene rings is 2. The molecule has 0 saturated heterocycles. The molecule has 1 aliphatic rings. The van der Waals surface area contributed by atoms with Crippen molar-refractivity contribution in [2.75, 3.05) is 13.6 Å². The van der Waals surface area contributed by atoms with Gasteiger partial charge in [-0.05, 0) is 41.5 Å². The molecule has 0 unspecified atom stereocenters. The van der Waals surface area contributed by atoms with Crippen molar-refractivity contribution < 1.29 is 9.59 Å². The SMILES string of the molecule is CNC(=O)C1(NC(=O)NC[C@@H](C)Cc2cccc3ccccc23)CCCCC1. The molecule has 150 valence electrons. The summed E-state index contributed by atoms with van der Waals surface area (Å²) in [5.74, 6) is 0.199. The van der Waals surface area contributed by atoms with Gasteiger partial charge in [-0.3, -0.25) is 4.79 Å². The van der Waals surface area contributed by atoms with Gasteiger partial charge in [-0.15, -0.1) is 0 Å². The van der Waals surface area contributed by atoms with Crippen molar-refractivity contribution in [1.82, 2.24) is 16.0 Å². The van der Waals surface area contributed by atoms with Crippen LogP contribution in [-0.2, 0) is 11.2 Å². The second-order valence-corrected chi connectivity index (χ2v) is 8.00. The van der Waals surface area contributed by atoms with Crippen LogP contribution in [0.25, 0.3) is 10.8 Å². The fraction of sp³-hybridized carbons (Fsp3) is 0.478. The predicted octanol–water partition coefficient (Wildman–Crippen LogP) is 3.77. The number of fused-ring (bicyclic) bond motifs is 1. The summed E-state index contributed by atoms with van der Waals surface area (Å²) in [6.45, 7) is 2.70. The van der Waals surface area contributed by atoms with Gasteiger partial charge in [-0.25, -0.2) is 4.79 Å². The Bertz CT molecular complexity index is 822. The van der Waals surface area contributed by atoms with Gasteiger partial charge >= 0.3 is 6.03 Å². The Morgan fingerprint density at radius 1 is 1.04 bits per heavy atom. The fourth-order valence-corrected chi connectivity index (χ4v) is 4.25. The fourth-order valence-electron chi connectivity index (χ4n) is 4.25. The highest BCUT2D eigenvalue weighted by molar-refractivity contribution is 5.91. The van der Waals surface area contributed by atoms with Gasteiger partial charge in [0.15, 0.2) is 0 Å². The second kappa shape index (κ2) is 9.09. The molecule has 3 N–H and O–H groups in total. The monoisotopic (exact) mass is 381 g/mol. The number of carbonyl (C=O) groups excluding carboxylic acids is 2. The minimum atomic E-state index is -0.768. The Hall–Kier alpha value is -2.56. The Morgan fingerprint density at radius 2 is 1.75 bits per heavy atom. The average Bonchev–Trinajstić information content (AvgIpc) is 2.72. The maximum absolute atomic E-state index is 12.5. The van der Waals surface area contributed by atoms with Crippen molar-refractivity contribution in [2.45, 2.75) is 51.0 Å². The average molecular weight is 382 g/mol. The summed E-state index contributed by atoms with van der Waals surface area (Å²) in [6.07, 6.45) is 5.33. The summed E-state index contributed by atoms with van der Waals surface area (Å²) in [5, 5.41) is 11.2. The van der Waals surface area contributed by atoms with Crippen LogP contribution in [0, 0.1) is 5.92 Å². The lowest BCUT2D eigenvalue weighted by molar-refractivity contribution is -0.128. The first kappa shape index (κ1) is 20.2. The molecule has 2 aromatic carbocycles. The largest absolute Gasteiger partial charge is 0.357 e. The number of likely N-dealkylation sites (N-methyl/N-ethyl adjacent to an activating group) is 1. The normalized spacial score (nSPS) is 16.9. The second-order valence-electron chi connectivity index (χ2n) is 8.00. The molecule has 5 heteroatoms. The molecule has 5 nitrogen and oxygen atoms in total. The molecule has 1 aliphatic carbocycles. The van der Waals surface area contributed by atoms with Crippen LogP contribution in [0.15, 0.2) is 42.5 Å². The topological polar surface area (TPSA) is 70.2 Å². The highest BCUT2D eigenvalue weighted by atomic mass is 16.2. The van der Waals surface area contributed by atoms with E-state index in [0.29, 0.717) is 25.3 Å². The maximum atomic E-state index is 12.5. The van der Waals surface area contributed by atoms with E-state index in [1.54, 1.807) is 7.05 Å². The molecule has 0 radical (unpaired) electrons.